The van der Waals surface area contributed by atoms with Crippen molar-refractivity contribution in [2.45, 2.75) is 174 Å². The molecule has 48 heavy (non-hydrogen) atoms. The maximum atomic E-state index is 12.5. The summed E-state index contributed by atoms with van der Waals surface area (Å²) < 4.78 is 37.6. The number of quaternary nitrogens is 1. The van der Waals surface area contributed by atoms with Crippen LogP contribution in [-0.4, -0.2) is 75.3 Å². The summed E-state index contributed by atoms with van der Waals surface area (Å²) in [4.78, 5) is 29.9. The van der Waals surface area contributed by atoms with E-state index in [-0.39, 0.29) is 32.0 Å². The van der Waals surface area contributed by atoms with Crippen molar-refractivity contribution in [1.29, 1.82) is 0 Å². The van der Waals surface area contributed by atoms with Gasteiger partial charge in [0.15, 0.2) is 6.10 Å². The van der Waals surface area contributed by atoms with Crippen molar-refractivity contribution < 1.29 is 52.1 Å². The van der Waals surface area contributed by atoms with Crippen LogP contribution in [0.15, 0.2) is 0 Å². The van der Waals surface area contributed by atoms with Gasteiger partial charge in [0.1, 0.15) is 26.4 Å². The molecule has 286 valence electrons. The maximum absolute atomic E-state index is 12.5. The zero-order valence-electron chi connectivity index (χ0n) is 31.4. The Labute approximate surface area is 293 Å². The van der Waals surface area contributed by atoms with E-state index in [9.17, 15) is 14.2 Å². The minimum Gasteiger partial charge on any atom is -0.462 e. The quantitative estimate of drug-likeness (QED) is 0.0168. The van der Waals surface area contributed by atoms with Crippen LogP contribution in [0.4, 0.5) is 0 Å². The molecule has 0 aliphatic rings. The van der Waals surface area contributed by atoms with Crippen molar-refractivity contribution in [3.8, 4) is 0 Å². The Hall–Kier alpha value is -1.07. The Balaban J connectivity index is 4.41. The van der Waals surface area contributed by atoms with Crippen LogP contribution < -0.4 is 0 Å². The number of esters is 2. The maximum Gasteiger partial charge on any atom is 0.529 e. The fourth-order valence-electron chi connectivity index (χ4n) is 5.14. The highest BCUT2D eigenvalue weighted by atomic mass is 31.2. The molecule has 11 nitrogen and oxygen atoms in total. The minimum absolute atomic E-state index is 0.0293. The molecular weight excluding hydrogens is 637 g/mol. The second-order valence-corrected chi connectivity index (χ2v) is 15.6. The highest BCUT2D eigenvalue weighted by molar-refractivity contribution is 7.48. The van der Waals surface area contributed by atoms with Gasteiger partial charge < -0.3 is 14.0 Å². The van der Waals surface area contributed by atoms with Crippen LogP contribution in [0.5, 0.6) is 0 Å². The van der Waals surface area contributed by atoms with Crippen molar-refractivity contribution in [2.24, 2.45) is 0 Å². The number of likely N-dealkylation sites (N-methyl/N-ethyl adjacent to an activating group) is 1. The molecule has 0 aliphatic carbocycles. The largest absolute Gasteiger partial charge is 0.529 e. The first-order chi connectivity index (χ1) is 23.0. The molecule has 0 aliphatic heterocycles. The van der Waals surface area contributed by atoms with E-state index in [2.05, 4.69) is 18.5 Å². The third kappa shape index (κ3) is 32.2. The molecule has 0 spiro atoms. The average molecular weight is 711 g/mol. The summed E-state index contributed by atoms with van der Waals surface area (Å²) in [6.45, 7) is 4.22. The second kappa shape index (κ2) is 31.9. The van der Waals surface area contributed by atoms with Gasteiger partial charge in [-0.25, -0.2) is 14.7 Å². The standard InChI is InChI=1S/C36H72NO10P/c1-6-8-10-12-14-15-16-17-18-19-20-21-23-24-26-28-35(38)42-32-34(45-36(39)29-27-25-22-13-11-9-7-2)33-43-47-48(41,46-40)44-31-30-37(3,4)5/h34H,6-33H2,1-5H3/p+1/t34-,48+/m1/s1. The molecule has 2 atom stereocenters. The van der Waals surface area contributed by atoms with Gasteiger partial charge in [-0.2, -0.15) is 0 Å². The molecule has 0 rings (SSSR count). The van der Waals surface area contributed by atoms with Gasteiger partial charge in [0.25, 0.3) is 0 Å². The summed E-state index contributed by atoms with van der Waals surface area (Å²) in [7, 11) is 1.33. The summed E-state index contributed by atoms with van der Waals surface area (Å²) >= 11 is 0. The van der Waals surface area contributed by atoms with Crippen LogP contribution in [0.3, 0.4) is 0 Å². The highest BCUT2D eigenvalue weighted by Crippen LogP contribution is 2.48. The first-order valence-corrected chi connectivity index (χ1v) is 20.6. The topological polar surface area (TPSA) is 127 Å². The number of carbonyl (C=O) groups is 2. The van der Waals surface area contributed by atoms with E-state index in [1.54, 1.807) is 0 Å². The lowest BCUT2D eigenvalue weighted by molar-refractivity contribution is -0.870. The Morgan fingerprint density at radius 1 is 0.625 bits per heavy atom. The van der Waals surface area contributed by atoms with Crippen molar-refractivity contribution >= 4 is 19.8 Å². The molecule has 0 unspecified atom stereocenters. The lowest BCUT2D eigenvalue weighted by Gasteiger charge is -2.24. The zero-order valence-corrected chi connectivity index (χ0v) is 32.3. The predicted molar refractivity (Wildman–Crippen MR) is 190 cm³/mol. The molecule has 12 heteroatoms. The van der Waals surface area contributed by atoms with E-state index in [0.717, 1.165) is 38.5 Å². The molecule has 0 radical (unpaired) electrons. The number of phosphoric acid groups is 1. The molecule has 0 bridgehead atoms. The normalized spacial score (nSPS) is 13.7. The average Bonchev–Trinajstić information content (AvgIpc) is 3.04. The van der Waals surface area contributed by atoms with Crippen molar-refractivity contribution in [3.63, 3.8) is 0 Å². The fourth-order valence-corrected chi connectivity index (χ4v) is 5.75. The van der Waals surface area contributed by atoms with Gasteiger partial charge in [0, 0.05) is 12.8 Å². The Kier molecular flexibility index (Phi) is 31.2. The molecule has 0 fully saturated rings. The van der Waals surface area contributed by atoms with Gasteiger partial charge in [-0.05, 0) is 12.8 Å². The van der Waals surface area contributed by atoms with E-state index in [4.69, 9.17) is 28.8 Å². The van der Waals surface area contributed by atoms with Crippen molar-refractivity contribution in [2.75, 3.05) is 47.5 Å². The van der Waals surface area contributed by atoms with Gasteiger partial charge in [0.2, 0.25) is 0 Å². The van der Waals surface area contributed by atoms with E-state index in [0.29, 0.717) is 17.4 Å². The number of ether oxygens (including phenoxy) is 2. The van der Waals surface area contributed by atoms with Crippen LogP contribution in [0.1, 0.15) is 168 Å². The van der Waals surface area contributed by atoms with E-state index in [1.807, 2.05) is 21.1 Å². The number of hydrogen-bond acceptors (Lipinski definition) is 10. The summed E-state index contributed by atoms with van der Waals surface area (Å²) in [5.74, 6) is -0.830. The van der Waals surface area contributed by atoms with E-state index >= 15 is 0 Å². The number of unbranched alkanes of at least 4 members (excludes halogenated alkanes) is 20. The molecular formula is C36H73NO10P+. The van der Waals surface area contributed by atoms with Gasteiger partial charge >= 0.3 is 19.8 Å². The fraction of sp³-hybridized carbons (Fsp3) is 0.944. The van der Waals surface area contributed by atoms with Gasteiger partial charge in [-0.15, -0.1) is 9.35 Å². The summed E-state index contributed by atoms with van der Waals surface area (Å²) in [5.41, 5.74) is 0. The molecule has 0 saturated carbocycles. The van der Waals surface area contributed by atoms with Crippen LogP contribution in [0, 0.1) is 0 Å². The van der Waals surface area contributed by atoms with Crippen LogP contribution in [0.25, 0.3) is 0 Å². The third-order valence-corrected chi connectivity index (χ3v) is 9.19. The van der Waals surface area contributed by atoms with Crippen LogP contribution in [0.2, 0.25) is 0 Å². The number of hydrogen-bond donors (Lipinski definition) is 1. The lowest BCUT2D eigenvalue weighted by atomic mass is 10.0. The van der Waals surface area contributed by atoms with E-state index < -0.39 is 26.5 Å². The van der Waals surface area contributed by atoms with E-state index in [1.165, 1.54) is 96.3 Å². The first-order valence-electron chi connectivity index (χ1n) is 19.1. The summed E-state index contributed by atoms with van der Waals surface area (Å²) in [5, 5.41) is 9.07. The Morgan fingerprint density at radius 2 is 1.04 bits per heavy atom. The molecule has 0 aromatic rings. The zero-order chi connectivity index (χ0) is 35.8. The molecule has 0 heterocycles. The Bertz CT molecular complexity index is 808. The number of carbonyl (C=O) groups excluding carboxylic acids is 2. The van der Waals surface area contributed by atoms with Crippen LogP contribution >= 0.6 is 7.82 Å². The highest BCUT2D eigenvalue weighted by Gasteiger charge is 2.31. The summed E-state index contributed by atoms with van der Waals surface area (Å²) in [6.07, 6.45) is 25.7. The molecule has 1 N–H and O–H groups in total. The van der Waals surface area contributed by atoms with Gasteiger partial charge in [0.05, 0.1) is 21.1 Å². The lowest BCUT2D eigenvalue weighted by Crippen LogP contribution is -2.37. The number of nitrogens with zero attached hydrogens (tertiary/aromatic N) is 1. The van der Waals surface area contributed by atoms with Crippen LogP contribution in [-0.2, 0) is 42.4 Å². The van der Waals surface area contributed by atoms with Gasteiger partial charge in [-0.3, -0.25) is 14.1 Å². The monoisotopic (exact) mass is 710 g/mol. The smallest absolute Gasteiger partial charge is 0.462 e. The predicted octanol–water partition coefficient (Wildman–Crippen LogP) is 10.1. The van der Waals surface area contributed by atoms with Crippen molar-refractivity contribution in [3.05, 3.63) is 0 Å². The third-order valence-electron chi connectivity index (χ3n) is 8.21. The molecule has 0 aromatic heterocycles. The second-order valence-electron chi connectivity index (χ2n) is 14.1. The Morgan fingerprint density at radius 3 is 1.46 bits per heavy atom. The van der Waals surface area contributed by atoms with Gasteiger partial charge in [-0.1, -0.05) is 142 Å². The minimum atomic E-state index is -4.41. The molecule has 0 amide bonds. The molecule has 0 aromatic carbocycles. The van der Waals surface area contributed by atoms with Crippen molar-refractivity contribution in [1.82, 2.24) is 0 Å². The first kappa shape index (κ1) is 46.9. The number of rotatable bonds is 36. The SMILES string of the molecule is CCCCCCCCCCCCCCCCCC(=O)OC[C@H](COO[P@](=O)(OO)OCC[N+](C)(C)C)OC(=O)CCCCCCCCC. The molecule has 0 saturated heterocycles. The summed E-state index contributed by atoms with van der Waals surface area (Å²) in [6, 6.07) is 0.